The zero-order valence-electron chi connectivity index (χ0n) is 10.4. The highest BCUT2D eigenvalue weighted by Gasteiger charge is 2.26. The summed E-state index contributed by atoms with van der Waals surface area (Å²) in [7, 11) is -2.63. The van der Waals surface area contributed by atoms with Crippen LogP contribution in [0.1, 0.15) is 0 Å². The molecular formula is C15H14NOPS. The molecule has 0 amide bonds. The maximum Gasteiger partial charge on any atom is 0.145 e. The molecule has 0 spiro atoms. The van der Waals surface area contributed by atoms with E-state index in [0.29, 0.717) is 12.7 Å². The quantitative estimate of drug-likeness (QED) is 0.480. The second kappa shape index (κ2) is 6.58. The molecule has 0 unspecified atom stereocenters. The van der Waals surface area contributed by atoms with Gasteiger partial charge in [-0.25, -0.2) is 4.99 Å². The van der Waals surface area contributed by atoms with Crippen molar-refractivity contribution in [3.63, 3.8) is 0 Å². The molecular weight excluding hydrogens is 273 g/mol. The summed E-state index contributed by atoms with van der Waals surface area (Å²) in [5, 5.41) is 4.05. The Labute approximate surface area is 118 Å². The third-order valence-electron chi connectivity index (χ3n) is 2.94. The Morgan fingerprint density at radius 1 is 0.947 bits per heavy atom. The fourth-order valence-electron chi connectivity index (χ4n) is 1.98. The highest BCUT2D eigenvalue weighted by atomic mass is 32.1. The normalized spacial score (nSPS) is 10.7. The Morgan fingerprint density at radius 2 is 1.42 bits per heavy atom. The molecule has 0 atom stereocenters. The summed E-state index contributed by atoms with van der Waals surface area (Å²) < 4.78 is 13.4. The minimum absolute atomic E-state index is 0.435. The van der Waals surface area contributed by atoms with Crippen molar-refractivity contribution < 1.29 is 4.57 Å². The van der Waals surface area contributed by atoms with Gasteiger partial charge in [0.25, 0.3) is 0 Å². The third-order valence-corrected chi connectivity index (χ3v) is 6.16. The molecule has 19 heavy (non-hydrogen) atoms. The Hall–Kier alpha value is -1.53. The van der Waals surface area contributed by atoms with Crippen LogP contribution in [0.4, 0.5) is 0 Å². The molecule has 2 aromatic rings. The molecule has 0 fully saturated rings. The van der Waals surface area contributed by atoms with E-state index in [0.717, 1.165) is 10.6 Å². The van der Waals surface area contributed by atoms with E-state index in [9.17, 15) is 4.57 Å². The van der Waals surface area contributed by atoms with Crippen molar-refractivity contribution in [3.8, 4) is 0 Å². The lowest BCUT2D eigenvalue weighted by molar-refractivity contribution is 0.587. The first-order chi connectivity index (χ1) is 9.27. The highest BCUT2D eigenvalue weighted by Crippen LogP contribution is 2.42. The number of hydrogen-bond donors (Lipinski definition) is 0. The van der Waals surface area contributed by atoms with Crippen LogP contribution >= 0.6 is 19.4 Å². The second-order valence-electron chi connectivity index (χ2n) is 4.11. The second-order valence-corrected chi connectivity index (χ2v) is 7.25. The van der Waals surface area contributed by atoms with Crippen molar-refractivity contribution in [1.82, 2.24) is 0 Å². The van der Waals surface area contributed by atoms with Crippen molar-refractivity contribution in [2.75, 3.05) is 12.7 Å². The lowest BCUT2D eigenvalue weighted by Gasteiger charge is -2.18. The van der Waals surface area contributed by atoms with Gasteiger partial charge in [0.05, 0.1) is 11.7 Å². The van der Waals surface area contributed by atoms with Gasteiger partial charge in [-0.15, -0.1) is 0 Å². The molecule has 0 heterocycles. The van der Waals surface area contributed by atoms with Gasteiger partial charge in [-0.3, -0.25) is 0 Å². The molecule has 0 aliphatic rings. The molecule has 0 bridgehead atoms. The summed E-state index contributed by atoms with van der Waals surface area (Å²) in [5.74, 6) is 0. The van der Waals surface area contributed by atoms with E-state index >= 15 is 0 Å². The summed E-state index contributed by atoms with van der Waals surface area (Å²) in [6.45, 7) is 0.435. The highest BCUT2D eigenvalue weighted by molar-refractivity contribution is 7.78. The van der Waals surface area contributed by atoms with Gasteiger partial charge in [0, 0.05) is 16.8 Å². The number of hydrogen-bond acceptors (Lipinski definition) is 3. The fraction of sp³-hybridized carbons (Fsp3) is 0.133. The third kappa shape index (κ3) is 3.27. The molecule has 0 radical (unpaired) electrons. The average Bonchev–Trinajstić information content (AvgIpc) is 2.49. The molecule has 0 saturated heterocycles. The van der Waals surface area contributed by atoms with Crippen molar-refractivity contribution in [2.45, 2.75) is 0 Å². The molecule has 4 heteroatoms. The number of benzene rings is 2. The number of thiocarbonyl (C=S) groups is 1. The van der Waals surface area contributed by atoms with Crippen LogP contribution in [0.3, 0.4) is 0 Å². The fourth-order valence-corrected chi connectivity index (χ4v) is 4.58. The SMILES string of the molecule is O=P(CCN=C=S)(c1ccccc1)c1ccccc1. The van der Waals surface area contributed by atoms with Gasteiger partial charge < -0.3 is 4.57 Å². The zero-order valence-corrected chi connectivity index (χ0v) is 12.1. The Kier molecular flexibility index (Phi) is 4.81. The number of rotatable bonds is 5. The summed E-state index contributed by atoms with van der Waals surface area (Å²) in [6.07, 6.45) is 0.477. The first kappa shape index (κ1) is 13.9. The molecule has 2 aromatic carbocycles. The lowest BCUT2D eigenvalue weighted by Crippen LogP contribution is -2.19. The van der Waals surface area contributed by atoms with Crippen molar-refractivity contribution in [1.29, 1.82) is 0 Å². The summed E-state index contributed by atoms with van der Waals surface area (Å²) in [5.41, 5.74) is 0. The largest absolute Gasteiger partial charge is 0.314 e. The summed E-state index contributed by atoms with van der Waals surface area (Å²) in [6, 6.07) is 19.1. The van der Waals surface area contributed by atoms with Crippen molar-refractivity contribution >= 4 is 35.1 Å². The molecule has 96 valence electrons. The minimum Gasteiger partial charge on any atom is -0.314 e. The van der Waals surface area contributed by atoms with Crippen LogP contribution in [0.5, 0.6) is 0 Å². The van der Waals surface area contributed by atoms with E-state index in [4.69, 9.17) is 0 Å². The summed E-state index contributed by atoms with van der Waals surface area (Å²) >= 11 is 4.57. The molecule has 0 aliphatic carbocycles. The van der Waals surface area contributed by atoms with Crippen LogP contribution < -0.4 is 10.6 Å². The van der Waals surface area contributed by atoms with Gasteiger partial charge in [0.1, 0.15) is 7.14 Å². The standard InChI is InChI=1S/C15H14NOPS/c17-18(12-11-16-13-19,14-7-3-1-4-8-14)15-9-5-2-6-10-15/h1-10H,11-12H2. The lowest BCUT2D eigenvalue weighted by atomic mass is 10.4. The van der Waals surface area contributed by atoms with E-state index in [1.807, 2.05) is 60.7 Å². The Balaban J connectivity index is 2.44. The van der Waals surface area contributed by atoms with Crippen molar-refractivity contribution in [2.24, 2.45) is 4.99 Å². The predicted octanol–water partition coefficient (Wildman–Crippen LogP) is 3.10. The molecule has 0 N–H and O–H groups in total. The summed E-state index contributed by atoms with van der Waals surface area (Å²) in [4.78, 5) is 3.90. The van der Waals surface area contributed by atoms with Crippen LogP contribution in [0, 0.1) is 0 Å². The number of isothiocyanates is 1. The van der Waals surface area contributed by atoms with E-state index in [2.05, 4.69) is 22.4 Å². The zero-order chi connectivity index (χ0) is 13.6. The first-order valence-corrected chi connectivity index (χ1v) is 8.31. The number of nitrogens with zero attached hydrogens (tertiary/aromatic N) is 1. The van der Waals surface area contributed by atoms with Crippen LogP contribution in [0.2, 0.25) is 0 Å². The van der Waals surface area contributed by atoms with Gasteiger partial charge >= 0.3 is 0 Å². The maximum absolute atomic E-state index is 13.4. The van der Waals surface area contributed by atoms with Crippen molar-refractivity contribution in [3.05, 3.63) is 60.7 Å². The molecule has 0 saturated carbocycles. The average molecular weight is 287 g/mol. The maximum atomic E-state index is 13.4. The van der Waals surface area contributed by atoms with Crippen LogP contribution in [0.25, 0.3) is 0 Å². The van der Waals surface area contributed by atoms with Gasteiger partial charge in [-0.05, 0) is 12.2 Å². The first-order valence-electron chi connectivity index (χ1n) is 6.01. The van der Waals surface area contributed by atoms with E-state index in [-0.39, 0.29) is 0 Å². The Bertz CT molecular complexity index is 578. The van der Waals surface area contributed by atoms with Crippen LogP contribution in [-0.4, -0.2) is 17.9 Å². The molecule has 2 rings (SSSR count). The van der Waals surface area contributed by atoms with Gasteiger partial charge in [0.15, 0.2) is 0 Å². The van der Waals surface area contributed by atoms with E-state index in [1.165, 1.54) is 0 Å². The topological polar surface area (TPSA) is 29.4 Å². The molecule has 0 aliphatic heterocycles. The Morgan fingerprint density at radius 3 is 1.84 bits per heavy atom. The van der Waals surface area contributed by atoms with Gasteiger partial charge in [0.2, 0.25) is 0 Å². The van der Waals surface area contributed by atoms with E-state index < -0.39 is 7.14 Å². The monoisotopic (exact) mass is 287 g/mol. The molecule has 2 nitrogen and oxygen atoms in total. The minimum atomic E-state index is -2.63. The van der Waals surface area contributed by atoms with Crippen LogP contribution in [-0.2, 0) is 4.57 Å². The van der Waals surface area contributed by atoms with Gasteiger partial charge in [-0.1, -0.05) is 60.7 Å². The van der Waals surface area contributed by atoms with Crippen LogP contribution in [0.15, 0.2) is 65.7 Å². The molecule has 0 aromatic heterocycles. The smallest absolute Gasteiger partial charge is 0.145 e. The predicted molar refractivity (Wildman–Crippen MR) is 84.5 cm³/mol. The number of aliphatic imine (C=N–C) groups is 1. The van der Waals surface area contributed by atoms with E-state index in [1.54, 1.807) is 0 Å². The van der Waals surface area contributed by atoms with Gasteiger partial charge in [-0.2, -0.15) is 0 Å².